The van der Waals surface area contributed by atoms with E-state index in [1.54, 1.807) is 18.4 Å². The zero-order chi connectivity index (χ0) is 16.9. The predicted octanol–water partition coefficient (Wildman–Crippen LogP) is 4.35. The number of anilines is 1. The van der Waals surface area contributed by atoms with Crippen LogP contribution in [0, 0.1) is 0 Å². The number of carbonyl (C=O) groups excluding carboxylic acids is 1. The van der Waals surface area contributed by atoms with Gasteiger partial charge in [-0.1, -0.05) is 35.0 Å². The van der Waals surface area contributed by atoms with E-state index >= 15 is 0 Å². The van der Waals surface area contributed by atoms with Gasteiger partial charge in [-0.05, 0) is 36.2 Å². The predicted molar refractivity (Wildman–Crippen MR) is 94.7 cm³/mol. The van der Waals surface area contributed by atoms with Gasteiger partial charge in [0.1, 0.15) is 0 Å². The van der Waals surface area contributed by atoms with Crippen LogP contribution >= 0.6 is 15.9 Å². The molecule has 0 saturated heterocycles. The highest BCUT2D eigenvalue weighted by Crippen LogP contribution is 2.20. The van der Waals surface area contributed by atoms with Crippen LogP contribution in [0.3, 0.4) is 0 Å². The number of aromatic nitrogens is 3. The average molecular weight is 389 g/mol. The summed E-state index contributed by atoms with van der Waals surface area (Å²) in [5.74, 6) is 1.24. The largest absolute Gasteiger partial charge is 0.461 e. The maximum Gasteiger partial charge on any atom is 0.250 e. The first-order chi connectivity index (χ1) is 11.7. The van der Waals surface area contributed by atoms with Crippen molar-refractivity contribution < 1.29 is 9.21 Å². The second-order valence-corrected chi connectivity index (χ2v) is 6.19. The summed E-state index contributed by atoms with van der Waals surface area (Å²) < 4.78 is 7.64. The number of halogens is 1. The molecule has 3 rings (SSSR count). The topological polar surface area (TPSA) is 73.0 Å². The molecule has 1 N–H and O–H groups in total. The minimum atomic E-state index is -0.0976. The van der Waals surface area contributed by atoms with E-state index in [0.717, 1.165) is 16.5 Å². The molecule has 7 heteroatoms. The monoisotopic (exact) mass is 388 g/mol. The fraction of sp³-hybridized carbons (Fsp3) is 0.235. The standard InChI is InChI=1S/C17H17BrN4O2/c1-2-5-15(23)22-17(19-11-12-6-3-7-13(18)10-12)20-16(21-22)14-8-4-9-24-14/h3-4,6-10H,2,5,11H2,1H3,(H,19,20,21). The van der Waals surface area contributed by atoms with Crippen molar-refractivity contribution in [2.75, 3.05) is 5.32 Å². The van der Waals surface area contributed by atoms with E-state index in [1.165, 1.54) is 4.68 Å². The van der Waals surface area contributed by atoms with Gasteiger partial charge in [0.25, 0.3) is 0 Å². The second kappa shape index (κ2) is 7.44. The number of rotatable bonds is 6. The maximum atomic E-state index is 12.3. The van der Waals surface area contributed by atoms with E-state index in [4.69, 9.17) is 4.42 Å². The third kappa shape index (κ3) is 3.73. The molecule has 6 nitrogen and oxygen atoms in total. The van der Waals surface area contributed by atoms with Crippen molar-refractivity contribution in [1.29, 1.82) is 0 Å². The Balaban J connectivity index is 1.85. The van der Waals surface area contributed by atoms with Gasteiger partial charge in [0.15, 0.2) is 5.76 Å². The Kier molecular flexibility index (Phi) is 5.10. The van der Waals surface area contributed by atoms with Gasteiger partial charge >= 0.3 is 0 Å². The number of furan rings is 1. The molecule has 0 aliphatic rings. The minimum Gasteiger partial charge on any atom is -0.461 e. The lowest BCUT2D eigenvalue weighted by Gasteiger charge is -2.07. The minimum absolute atomic E-state index is 0.0976. The molecule has 0 unspecified atom stereocenters. The van der Waals surface area contributed by atoms with E-state index < -0.39 is 0 Å². The molecule has 0 fully saturated rings. The molecule has 0 aliphatic heterocycles. The smallest absolute Gasteiger partial charge is 0.250 e. The number of carbonyl (C=O) groups is 1. The van der Waals surface area contributed by atoms with Gasteiger partial charge in [-0.2, -0.15) is 9.67 Å². The molecule has 0 bridgehead atoms. The first kappa shape index (κ1) is 16.4. The number of hydrogen-bond donors (Lipinski definition) is 1. The van der Waals surface area contributed by atoms with E-state index in [0.29, 0.717) is 30.5 Å². The van der Waals surface area contributed by atoms with E-state index in [-0.39, 0.29) is 5.91 Å². The molecule has 0 amide bonds. The second-order valence-electron chi connectivity index (χ2n) is 5.28. The van der Waals surface area contributed by atoms with Gasteiger partial charge in [0.2, 0.25) is 17.7 Å². The Morgan fingerprint density at radius 1 is 1.33 bits per heavy atom. The molecule has 0 saturated carbocycles. The molecule has 0 aliphatic carbocycles. The Labute approximate surface area is 148 Å². The molecule has 124 valence electrons. The highest BCUT2D eigenvalue weighted by Gasteiger charge is 2.17. The van der Waals surface area contributed by atoms with Crippen molar-refractivity contribution in [3.8, 4) is 11.6 Å². The maximum absolute atomic E-state index is 12.3. The zero-order valence-corrected chi connectivity index (χ0v) is 14.8. The first-order valence-corrected chi connectivity index (χ1v) is 8.49. The van der Waals surface area contributed by atoms with E-state index in [2.05, 4.69) is 31.3 Å². The Bertz CT molecular complexity index is 827. The van der Waals surface area contributed by atoms with Crippen LogP contribution in [-0.4, -0.2) is 20.7 Å². The summed E-state index contributed by atoms with van der Waals surface area (Å²) in [5.41, 5.74) is 1.07. The summed E-state index contributed by atoms with van der Waals surface area (Å²) in [6.07, 6.45) is 2.71. The molecule has 24 heavy (non-hydrogen) atoms. The fourth-order valence-corrected chi connectivity index (χ4v) is 2.71. The summed E-state index contributed by atoms with van der Waals surface area (Å²) in [6, 6.07) is 11.5. The summed E-state index contributed by atoms with van der Waals surface area (Å²) in [4.78, 5) is 16.7. The van der Waals surface area contributed by atoms with Crippen LogP contribution in [0.4, 0.5) is 5.95 Å². The van der Waals surface area contributed by atoms with E-state index in [1.807, 2.05) is 31.2 Å². The van der Waals surface area contributed by atoms with Crippen molar-refractivity contribution in [2.24, 2.45) is 0 Å². The normalized spacial score (nSPS) is 10.8. The van der Waals surface area contributed by atoms with Crippen LogP contribution < -0.4 is 5.32 Å². The van der Waals surface area contributed by atoms with Crippen LogP contribution in [0.5, 0.6) is 0 Å². The van der Waals surface area contributed by atoms with Crippen molar-refractivity contribution in [2.45, 2.75) is 26.3 Å². The van der Waals surface area contributed by atoms with Gasteiger partial charge in [0.05, 0.1) is 6.26 Å². The molecule has 2 aromatic heterocycles. The third-order valence-electron chi connectivity index (χ3n) is 3.39. The Morgan fingerprint density at radius 3 is 2.92 bits per heavy atom. The van der Waals surface area contributed by atoms with Gasteiger partial charge in [-0.3, -0.25) is 4.79 Å². The molecule has 3 aromatic rings. The summed E-state index contributed by atoms with van der Waals surface area (Å²) >= 11 is 3.45. The Hall–Kier alpha value is -2.41. The number of hydrogen-bond acceptors (Lipinski definition) is 5. The molecule has 2 heterocycles. The highest BCUT2D eigenvalue weighted by atomic mass is 79.9. The quantitative estimate of drug-likeness (QED) is 0.679. The lowest BCUT2D eigenvalue weighted by Crippen LogP contribution is -2.16. The van der Waals surface area contributed by atoms with E-state index in [9.17, 15) is 4.79 Å². The zero-order valence-electron chi connectivity index (χ0n) is 13.2. The van der Waals surface area contributed by atoms with Crippen LogP contribution in [0.1, 0.15) is 30.1 Å². The van der Waals surface area contributed by atoms with Crippen LogP contribution in [0.2, 0.25) is 0 Å². The average Bonchev–Trinajstić information content (AvgIpc) is 3.22. The van der Waals surface area contributed by atoms with Crippen LogP contribution in [-0.2, 0) is 6.54 Å². The SMILES string of the molecule is CCCC(=O)n1nc(-c2ccco2)nc1NCc1cccc(Br)c1. The van der Waals surface area contributed by atoms with Crippen LogP contribution in [0.25, 0.3) is 11.6 Å². The van der Waals surface area contributed by atoms with Gasteiger partial charge in [0, 0.05) is 17.4 Å². The lowest BCUT2D eigenvalue weighted by molar-refractivity contribution is 0.0888. The summed E-state index contributed by atoms with van der Waals surface area (Å²) in [6.45, 7) is 2.49. The summed E-state index contributed by atoms with van der Waals surface area (Å²) in [7, 11) is 0. The van der Waals surface area contributed by atoms with Crippen molar-refractivity contribution in [3.63, 3.8) is 0 Å². The van der Waals surface area contributed by atoms with Gasteiger partial charge in [-0.15, -0.1) is 5.10 Å². The molecule has 0 radical (unpaired) electrons. The molecule has 0 atom stereocenters. The Morgan fingerprint density at radius 2 is 2.21 bits per heavy atom. The molecule has 0 spiro atoms. The van der Waals surface area contributed by atoms with Crippen molar-refractivity contribution in [3.05, 3.63) is 52.7 Å². The van der Waals surface area contributed by atoms with Crippen molar-refractivity contribution >= 4 is 27.8 Å². The number of benzene rings is 1. The lowest BCUT2D eigenvalue weighted by atomic mass is 10.2. The van der Waals surface area contributed by atoms with Crippen LogP contribution in [0.15, 0.2) is 51.6 Å². The van der Waals surface area contributed by atoms with Crippen molar-refractivity contribution in [1.82, 2.24) is 14.8 Å². The highest BCUT2D eigenvalue weighted by molar-refractivity contribution is 9.10. The summed E-state index contributed by atoms with van der Waals surface area (Å²) in [5, 5.41) is 7.48. The number of nitrogens with one attached hydrogen (secondary N) is 1. The number of nitrogens with zero attached hydrogens (tertiary/aromatic N) is 3. The van der Waals surface area contributed by atoms with Gasteiger partial charge in [-0.25, -0.2) is 0 Å². The third-order valence-corrected chi connectivity index (χ3v) is 3.88. The molecular weight excluding hydrogens is 372 g/mol. The first-order valence-electron chi connectivity index (χ1n) is 7.70. The van der Waals surface area contributed by atoms with Gasteiger partial charge < -0.3 is 9.73 Å². The fourth-order valence-electron chi connectivity index (χ4n) is 2.26. The molecular formula is C17H17BrN4O2. The molecule has 1 aromatic carbocycles.